The van der Waals surface area contributed by atoms with Crippen molar-refractivity contribution in [2.45, 2.75) is 265 Å². The van der Waals surface area contributed by atoms with Gasteiger partial charge >= 0.3 is 0 Å². The molecule has 0 bridgehead atoms. The maximum Gasteiger partial charge on any atom is 0.225 e. The molecule has 0 aliphatic rings. The molecule has 0 aliphatic carbocycles. The Hall–Kier alpha value is -1.35. The zero-order chi connectivity index (χ0) is 41.0. The van der Waals surface area contributed by atoms with Crippen LogP contribution < -0.4 is 0 Å². The summed E-state index contributed by atoms with van der Waals surface area (Å²) in [6.45, 7) is 11.2. The van der Waals surface area contributed by atoms with E-state index in [0.717, 1.165) is 38.8 Å². The molecule has 330 valence electrons. The highest BCUT2D eigenvalue weighted by Gasteiger charge is 2.28. The summed E-state index contributed by atoms with van der Waals surface area (Å²) in [6.07, 6.45) is 60.3. The highest BCUT2D eigenvalue weighted by molar-refractivity contribution is 5.79. The van der Waals surface area contributed by atoms with Gasteiger partial charge in [-0.2, -0.15) is 0 Å². The van der Waals surface area contributed by atoms with Gasteiger partial charge in [0.15, 0.2) is 0 Å². The van der Waals surface area contributed by atoms with Crippen molar-refractivity contribution in [1.82, 2.24) is 9.80 Å². The first-order valence-electron chi connectivity index (χ1n) is 25.4. The van der Waals surface area contributed by atoms with Gasteiger partial charge in [-0.15, -0.1) is 0 Å². The maximum atomic E-state index is 14.6. The van der Waals surface area contributed by atoms with Crippen molar-refractivity contribution < 1.29 is 4.79 Å². The van der Waals surface area contributed by atoms with Crippen molar-refractivity contribution >= 4 is 5.91 Å². The normalized spacial score (nSPS) is 13.3. The summed E-state index contributed by atoms with van der Waals surface area (Å²) in [5.74, 6) is 0.726. The van der Waals surface area contributed by atoms with E-state index in [1.165, 1.54) is 205 Å². The number of carbonyl (C=O) groups excluding carboxylic acids is 1. The zero-order valence-electron chi connectivity index (χ0n) is 39.3. The monoisotopic (exact) mass is 783 g/mol. The van der Waals surface area contributed by atoms with Gasteiger partial charge in [-0.25, -0.2) is 0 Å². The van der Waals surface area contributed by atoms with E-state index in [4.69, 9.17) is 0 Å². The van der Waals surface area contributed by atoms with E-state index in [9.17, 15) is 4.79 Å². The van der Waals surface area contributed by atoms with E-state index in [1.54, 1.807) is 0 Å². The third kappa shape index (κ3) is 37.0. The molecule has 3 heteroatoms. The molecule has 0 saturated heterocycles. The van der Waals surface area contributed by atoms with Crippen LogP contribution in [0.2, 0.25) is 0 Å². The molecule has 0 rings (SSSR count). The van der Waals surface area contributed by atoms with Gasteiger partial charge in [0.2, 0.25) is 5.91 Å². The van der Waals surface area contributed by atoms with Gasteiger partial charge in [0.1, 0.15) is 0 Å². The van der Waals surface area contributed by atoms with E-state index in [1.807, 2.05) is 0 Å². The number of nitrogens with zero attached hydrogens (tertiary/aromatic N) is 2. The average molecular weight is 783 g/mol. The van der Waals surface area contributed by atoms with Crippen LogP contribution in [-0.2, 0) is 4.79 Å². The lowest BCUT2D eigenvalue weighted by atomic mass is 9.91. The second-order valence-corrected chi connectivity index (χ2v) is 17.8. The van der Waals surface area contributed by atoms with Gasteiger partial charge in [0.05, 0.1) is 0 Å². The van der Waals surface area contributed by atoms with Crippen LogP contribution in [0.15, 0.2) is 36.5 Å². The van der Waals surface area contributed by atoms with E-state index < -0.39 is 0 Å². The molecule has 0 aromatic rings. The summed E-state index contributed by atoms with van der Waals surface area (Å²) in [5.41, 5.74) is 0. The molecule has 0 aromatic heterocycles. The van der Waals surface area contributed by atoms with Crippen LogP contribution in [0.25, 0.3) is 0 Å². The second-order valence-electron chi connectivity index (χ2n) is 17.8. The number of allylic oxidation sites excluding steroid dienone is 6. The van der Waals surface area contributed by atoms with E-state index in [0.29, 0.717) is 11.9 Å². The Morgan fingerprint density at radius 2 is 0.750 bits per heavy atom. The molecule has 3 nitrogen and oxygen atoms in total. The molecule has 0 N–H and O–H groups in total. The van der Waals surface area contributed by atoms with Crippen LogP contribution >= 0.6 is 0 Å². The molecule has 0 aromatic carbocycles. The predicted octanol–water partition coefficient (Wildman–Crippen LogP) is 17.2. The number of unbranched alkanes of at least 4 members (excludes halogenated alkanes) is 24. The van der Waals surface area contributed by atoms with Crippen LogP contribution in [0.4, 0.5) is 0 Å². The highest BCUT2D eigenvalue weighted by atomic mass is 16.2. The molecule has 0 radical (unpaired) electrons. The molecule has 0 aliphatic heterocycles. The summed E-state index contributed by atoms with van der Waals surface area (Å²) in [5, 5.41) is 0. The van der Waals surface area contributed by atoms with Crippen molar-refractivity contribution in [3.63, 3.8) is 0 Å². The van der Waals surface area contributed by atoms with Crippen molar-refractivity contribution in [3.05, 3.63) is 36.5 Å². The molecule has 0 saturated carbocycles. The lowest BCUT2D eigenvalue weighted by molar-refractivity contribution is -0.139. The number of hydrogen-bond donors (Lipinski definition) is 0. The topological polar surface area (TPSA) is 23.6 Å². The lowest BCUT2D eigenvalue weighted by Crippen LogP contribution is -2.45. The SMILES string of the molecule is CCCCC/C=C\C/C=C\CCCCCCCCC(CCCCCCCC/C=C\CCCCCCCC)C(=O)N(CCCN(C)C)C(CCCC)CCCCC. The van der Waals surface area contributed by atoms with Crippen LogP contribution in [-0.4, -0.2) is 48.9 Å². The van der Waals surface area contributed by atoms with Crippen molar-refractivity contribution in [2.24, 2.45) is 5.92 Å². The second kappa shape index (κ2) is 44.7. The van der Waals surface area contributed by atoms with Gasteiger partial charge in [-0.05, 0) is 111 Å². The minimum atomic E-state index is 0.215. The molecular formula is C53H102N2O. The largest absolute Gasteiger partial charge is 0.339 e. The lowest BCUT2D eigenvalue weighted by Gasteiger charge is -2.35. The van der Waals surface area contributed by atoms with Gasteiger partial charge < -0.3 is 9.80 Å². The molecular weight excluding hydrogens is 681 g/mol. The van der Waals surface area contributed by atoms with Crippen LogP contribution in [0.5, 0.6) is 0 Å². The third-order valence-corrected chi connectivity index (χ3v) is 11.9. The van der Waals surface area contributed by atoms with Gasteiger partial charge in [0.25, 0.3) is 0 Å². The van der Waals surface area contributed by atoms with Gasteiger partial charge in [0, 0.05) is 18.5 Å². The summed E-state index contributed by atoms with van der Waals surface area (Å²) in [4.78, 5) is 19.3. The van der Waals surface area contributed by atoms with E-state index in [2.05, 4.69) is 88.0 Å². The van der Waals surface area contributed by atoms with Crippen LogP contribution in [0.1, 0.15) is 259 Å². The Labute approximate surface area is 353 Å². The Morgan fingerprint density at radius 3 is 1.23 bits per heavy atom. The quantitative estimate of drug-likeness (QED) is 0.0454. The molecule has 0 spiro atoms. The third-order valence-electron chi connectivity index (χ3n) is 11.9. The standard InChI is InChI=1S/C53H102N2O/c1-7-11-15-17-19-21-23-25-27-29-31-33-35-37-39-42-45-51(46-43-40-38-36-34-32-30-28-26-24-22-20-18-16-12-8-2)53(56)55(50-44-49-54(5)6)52(47-14-10-4)48-41-13-9-3/h19,21,25-28,51-52H,7-18,20,22-24,29-50H2,1-6H3/b21-19-,27-25-,28-26-. The Balaban J connectivity index is 4.96. The molecule has 1 amide bonds. The van der Waals surface area contributed by atoms with Crippen molar-refractivity contribution in [3.8, 4) is 0 Å². The van der Waals surface area contributed by atoms with E-state index in [-0.39, 0.29) is 5.92 Å². The Bertz CT molecular complexity index is 875. The average Bonchev–Trinajstić information content (AvgIpc) is 3.19. The first-order chi connectivity index (χ1) is 27.5. The first kappa shape index (κ1) is 54.6. The predicted molar refractivity (Wildman–Crippen MR) is 254 cm³/mol. The van der Waals surface area contributed by atoms with Gasteiger partial charge in [-0.3, -0.25) is 4.79 Å². The minimum Gasteiger partial charge on any atom is -0.339 e. The number of rotatable bonds is 44. The molecule has 0 heterocycles. The van der Waals surface area contributed by atoms with E-state index >= 15 is 0 Å². The van der Waals surface area contributed by atoms with Crippen LogP contribution in [0.3, 0.4) is 0 Å². The van der Waals surface area contributed by atoms with Gasteiger partial charge in [-0.1, -0.05) is 205 Å². The number of amides is 1. The highest BCUT2D eigenvalue weighted by Crippen LogP contribution is 2.26. The molecule has 2 atom stereocenters. The fourth-order valence-corrected chi connectivity index (χ4v) is 8.20. The maximum absolute atomic E-state index is 14.6. The minimum absolute atomic E-state index is 0.215. The summed E-state index contributed by atoms with van der Waals surface area (Å²) >= 11 is 0. The Morgan fingerprint density at radius 1 is 0.393 bits per heavy atom. The van der Waals surface area contributed by atoms with Crippen molar-refractivity contribution in [2.75, 3.05) is 27.2 Å². The van der Waals surface area contributed by atoms with Crippen molar-refractivity contribution in [1.29, 1.82) is 0 Å². The summed E-state index contributed by atoms with van der Waals surface area (Å²) in [6, 6.07) is 0.425. The number of hydrogen-bond acceptors (Lipinski definition) is 2. The molecule has 56 heavy (non-hydrogen) atoms. The van der Waals surface area contributed by atoms with Crippen LogP contribution in [0, 0.1) is 5.92 Å². The fraction of sp³-hybridized carbons (Fsp3) is 0.868. The fourth-order valence-electron chi connectivity index (χ4n) is 8.20. The Kier molecular flexibility index (Phi) is 43.7. The smallest absolute Gasteiger partial charge is 0.225 e. The summed E-state index contributed by atoms with van der Waals surface area (Å²) in [7, 11) is 4.34. The molecule has 2 unspecified atom stereocenters. The summed E-state index contributed by atoms with van der Waals surface area (Å²) < 4.78 is 0. The number of carbonyl (C=O) groups is 1. The first-order valence-corrected chi connectivity index (χ1v) is 25.4. The molecule has 0 fully saturated rings. The zero-order valence-corrected chi connectivity index (χ0v) is 39.3.